The van der Waals surface area contributed by atoms with Gasteiger partial charge >= 0.3 is 12.1 Å². The van der Waals surface area contributed by atoms with Crippen LogP contribution < -0.4 is 4.90 Å². The molecule has 2 heterocycles. The van der Waals surface area contributed by atoms with E-state index >= 15 is 0 Å². The van der Waals surface area contributed by atoms with Gasteiger partial charge in [0, 0.05) is 30.6 Å². The molecule has 0 aliphatic carbocycles. The molecule has 10 heteroatoms. The van der Waals surface area contributed by atoms with Gasteiger partial charge in [0.1, 0.15) is 11.6 Å². The zero-order valence-electron chi connectivity index (χ0n) is 25.7. The number of aliphatic carboxylic acids is 1. The van der Waals surface area contributed by atoms with E-state index in [1.165, 1.54) is 9.80 Å². The summed E-state index contributed by atoms with van der Waals surface area (Å²) < 4.78 is 5.71. The molecule has 0 saturated heterocycles. The number of benzene rings is 3. The molecular weight excluding hydrogens is 594 g/mol. The van der Waals surface area contributed by atoms with Gasteiger partial charge < -0.3 is 19.6 Å². The van der Waals surface area contributed by atoms with Crippen molar-refractivity contribution in [2.75, 3.05) is 18.0 Å². The number of ether oxygens (including phenoxy) is 1. The van der Waals surface area contributed by atoms with Crippen LogP contribution in [-0.2, 0) is 44.9 Å². The van der Waals surface area contributed by atoms with E-state index in [-0.39, 0.29) is 44.3 Å². The molecule has 0 unspecified atom stereocenters. The molecule has 45 heavy (non-hydrogen) atoms. The van der Waals surface area contributed by atoms with E-state index in [0.29, 0.717) is 23.6 Å². The molecule has 236 valence electrons. The highest BCUT2D eigenvalue weighted by atomic mass is 35.5. The fourth-order valence-corrected chi connectivity index (χ4v) is 6.16. The van der Waals surface area contributed by atoms with Gasteiger partial charge in [0.15, 0.2) is 0 Å². The van der Waals surface area contributed by atoms with E-state index in [1.54, 1.807) is 43.9 Å². The summed E-state index contributed by atoms with van der Waals surface area (Å²) in [4.78, 5) is 58.2. The summed E-state index contributed by atoms with van der Waals surface area (Å²) in [5.74, 6) is -1.73. The summed E-state index contributed by atoms with van der Waals surface area (Å²) in [5.41, 5.74) is 3.55. The van der Waals surface area contributed by atoms with E-state index < -0.39 is 29.7 Å². The van der Waals surface area contributed by atoms with Crippen LogP contribution >= 0.6 is 11.6 Å². The monoisotopic (exact) mass is 631 g/mol. The molecule has 2 aliphatic rings. The van der Waals surface area contributed by atoms with E-state index in [2.05, 4.69) is 0 Å². The second kappa shape index (κ2) is 13.3. The van der Waals surface area contributed by atoms with Crippen LogP contribution in [0, 0.1) is 0 Å². The molecule has 0 fully saturated rings. The number of nitrogens with zero attached hydrogens (tertiary/aromatic N) is 3. The topological polar surface area (TPSA) is 107 Å². The Kier molecular flexibility index (Phi) is 9.48. The first kappa shape index (κ1) is 32.0. The number of anilines is 1. The second-order valence-electron chi connectivity index (χ2n) is 12.6. The van der Waals surface area contributed by atoms with Crippen molar-refractivity contribution in [2.45, 2.75) is 70.7 Å². The Morgan fingerprint density at radius 2 is 1.56 bits per heavy atom. The Balaban J connectivity index is 1.44. The number of hydrogen-bond donors (Lipinski definition) is 1. The van der Waals surface area contributed by atoms with Crippen LogP contribution in [0.2, 0.25) is 5.02 Å². The molecule has 0 aromatic heterocycles. The molecule has 5 rings (SSSR count). The van der Waals surface area contributed by atoms with Crippen LogP contribution in [0.4, 0.5) is 10.5 Å². The van der Waals surface area contributed by atoms with Crippen molar-refractivity contribution < 1.29 is 29.0 Å². The molecule has 0 spiro atoms. The molecule has 9 nitrogen and oxygen atoms in total. The van der Waals surface area contributed by atoms with Crippen molar-refractivity contribution in [3.8, 4) is 0 Å². The van der Waals surface area contributed by atoms with Crippen LogP contribution in [0.25, 0.3) is 0 Å². The molecule has 3 aromatic rings. The number of rotatable bonds is 8. The van der Waals surface area contributed by atoms with Gasteiger partial charge in [-0.05, 0) is 74.1 Å². The predicted molar refractivity (Wildman–Crippen MR) is 171 cm³/mol. The maximum absolute atomic E-state index is 14.4. The average Bonchev–Trinajstić information content (AvgIpc) is 3.38. The van der Waals surface area contributed by atoms with Gasteiger partial charge in [0.25, 0.3) is 0 Å². The SMILES string of the molecule is CC(C)(C)OC(=O)N1c2ccccc2C[C@@H]1C(=O)N(CCc1ccc(Cl)cc1)CC(=O)N1Cc2ccccc2C[C@@H]1CC(=O)O. The number of carboxylic acids is 1. The van der Waals surface area contributed by atoms with E-state index in [9.17, 15) is 24.3 Å². The van der Waals surface area contributed by atoms with Crippen molar-refractivity contribution in [1.29, 1.82) is 0 Å². The minimum atomic E-state index is -0.996. The Bertz CT molecular complexity index is 1580. The lowest BCUT2D eigenvalue weighted by molar-refractivity contribution is -0.145. The summed E-state index contributed by atoms with van der Waals surface area (Å²) in [6.45, 7) is 5.50. The van der Waals surface area contributed by atoms with Crippen molar-refractivity contribution in [3.63, 3.8) is 0 Å². The zero-order chi connectivity index (χ0) is 32.3. The summed E-state index contributed by atoms with van der Waals surface area (Å²) in [7, 11) is 0. The van der Waals surface area contributed by atoms with Crippen LogP contribution in [0.3, 0.4) is 0 Å². The number of carboxylic acid groups (broad SMARTS) is 1. The normalized spacial score (nSPS) is 17.3. The van der Waals surface area contributed by atoms with Gasteiger partial charge in [-0.15, -0.1) is 0 Å². The Labute approximate surface area is 268 Å². The van der Waals surface area contributed by atoms with Crippen molar-refractivity contribution in [3.05, 3.63) is 100 Å². The van der Waals surface area contributed by atoms with E-state index in [0.717, 1.165) is 22.3 Å². The van der Waals surface area contributed by atoms with Crippen molar-refractivity contribution >= 4 is 41.2 Å². The van der Waals surface area contributed by atoms with Gasteiger partial charge in [-0.3, -0.25) is 19.3 Å². The lowest BCUT2D eigenvalue weighted by Gasteiger charge is -2.38. The smallest absolute Gasteiger partial charge is 0.415 e. The van der Waals surface area contributed by atoms with E-state index in [1.807, 2.05) is 54.6 Å². The highest BCUT2D eigenvalue weighted by Gasteiger charge is 2.43. The van der Waals surface area contributed by atoms with Crippen LogP contribution in [-0.4, -0.2) is 69.6 Å². The minimum Gasteiger partial charge on any atom is -0.481 e. The molecule has 1 N–H and O–H groups in total. The molecule has 0 radical (unpaired) electrons. The third-order valence-electron chi connectivity index (χ3n) is 8.16. The Morgan fingerprint density at radius 3 is 2.22 bits per heavy atom. The van der Waals surface area contributed by atoms with Crippen LogP contribution in [0.5, 0.6) is 0 Å². The van der Waals surface area contributed by atoms with E-state index in [4.69, 9.17) is 16.3 Å². The molecular formula is C35H38ClN3O6. The largest absolute Gasteiger partial charge is 0.481 e. The van der Waals surface area contributed by atoms with Crippen LogP contribution in [0.1, 0.15) is 49.4 Å². The van der Waals surface area contributed by atoms with Gasteiger partial charge in [0.05, 0.1) is 18.7 Å². The average molecular weight is 632 g/mol. The number of halogens is 1. The van der Waals surface area contributed by atoms with Crippen molar-refractivity contribution in [1.82, 2.24) is 9.80 Å². The summed E-state index contributed by atoms with van der Waals surface area (Å²) in [5, 5.41) is 10.2. The lowest BCUT2D eigenvalue weighted by atomic mass is 9.92. The first-order valence-electron chi connectivity index (χ1n) is 15.1. The highest BCUT2D eigenvalue weighted by molar-refractivity contribution is 6.30. The predicted octanol–water partition coefficient (Wildman–Crippen LogP) is 5.51. The molecule has 0 bridgehead atoms. The van der Waals surface area contributed by atoms with Gasteiger partial charge in [0.2, 0.25) is 11.8 Å². The number of fused-ring (bicyclic) bond motifs is 2. The number of hydrogen-bond acceptors (Lipinski definition) is 5. The Morgan fingerprint density at radius 1 is 0.911 bits per heavy atom. The molecule has 2 atom stereocenters. The molecule has 3 amide bonds. The highest BCUT2D eigenvalue weighted by Crippen LogP contribution is 2.34. The lowest BCUT2D eigenvalue weighted by Crippen LogP contribution is -2.55. The summed E-state index contributed by atoms with van der Waals surface area (Å²) in [6, 6.07) is 20.8. The Hall–Kier alpha value is -4.37. The van der Waals surface area contributed by atoms with Crippen LogP contribution in [0.15, 0.2) is 72.8 Å². The third kappa shape index (κ3) is 7.65. The maximum Gasteiger partial charge on any atom is 0.415 e. The van der Waals surface area contributed by atoms with Gasteiger partial charge in [-0.25, -0.2) is 4.79 Å². The first-order chi connectivity index (χ1) is 21.4. The van der Waals surface area contributed by atoms with Crippen molar-refractivity contribution in [2.24, 2.45) is 0 Å². The second-order valence-corrected chi connectivity index (χ2v) is 13.0. The van der Waals surface area contributed by atoms with Gasteiger partial charge in [-0.1, -0.05) is 66.2 Å². The quantitative estimate of drug-likeness (QED) is 0.352. The minimum absolute atomic E-state index is 0.204. The number of carbonyl (C=O) groups is 4. The fraction of sp³-hybridized carbons (Fsp3) is 0.371. The third-order valence-corrected chi connectivity index (χ3v) is 8.41. The van der Waals surface area contributed by atoms with Gasteiger partial charge in [-0.2, -0.15) is 0 Å². The summed E-state index contributed by atoms with van der Waals surface area (Å²) >= 11 is 6.08. The molecule has 0 saturated carbocycles. The number of para-hydroxylation sites is 1. The fourth-order valence-electron chi connectivity index (χ4n) is 6.03. The number of carbonyl (C=O) groups excluding carboxylic acids is 3. The maximum atomic E-state index is 14.4. The zero-order valence-corrected chi connectivity index (χ0v) is 26.5. The first-order valence-corrected chi connectivity index (χ1v) is 15.5. The molecule has 2 aliphatic heterocycles. The molecule has 3 aromatic carbocycles. The summed E-state index contributed by atoms with van der Waals surface area (Å²) in [6.07, 6.45) is 0.298. The number of amides is 3. The standard InChI is InChI=1S/C35H38ClN3O6/c1-35(2,3)45-34(44)39-29-11-7-6-9-25(29)19-30(39)33(43)37(17-16-23-12-14-27(36)15-13-23)22-31(40)38-21-26-10-5-4-8-24(26)18-28(38)20-32(41)42/h4-15,28,30H,16-22H2,1-3H3,(H,41,42)/t28-,30-/m1/s1.